The topological polar surface area (TPSA) is 67.2 Å². The molecular weight excluding hydrogens is 407 g/mol. The van der Waals surface area contributed by atoms with Crippen molar-refractivity contribution in [1.82, 2.24) is 14.7 Å². The Bertz CT molecular complexity index is 1030. The summed E-state index contributed by atoms with van der Waals surface area (Å²) in [6.45, 7) is 4.52. The van der Waals surface area contributed by atoms with Gasteiger partial charge in [-0.3, -0.25) is 9.59 Å². The standard InChI is InChI=1S/C25H29FN4O2/c1-3-5-11-25(32)29(16-4-2)18-24(31)27-23-17-22(19-9-7-6-8-10-19)28-30(23)21-14-12-20(26)13-15-21/h6-10,12-15,17H,3-5,11,16,18H2,1-2H3,(H,27,31). The summed E-state index contributed by atoms with van der Waals surface area (Å²) in [5, 5.41) is 7.51. The van der Waals surface area contributed by atoms with Gasteiger partial charge in [-0.25, -0.2) is 9.07 Å². The minimum absolute atomic E-state index is 0.0131. The van der Waals surface area contributed by atoms with E-state index in [1.54, 1.807) is 27.8 Å². The number of carbonyl (C=O) groups excluding carboxylic acids is 2. The van der Waals surface area contributed by atoms with Gasteiger partial charge in [0.05, 0.1) is 17.9 Å². The molecule has 1 heterocycles. The van der Waals surface area contributed by atoms with Gasteiger partial charge in [0.1, 0.15) is 11.6 Å². The first-order chi connectivity index (χ1) is 15.5. The number of unbranched alkanes of at least 4 members (excludes halogenated alkanes) is 1. The van der Waals surface area contributed by atoms with E-state index in [1.807, 2.05) is 44.2 Å². The number of hydrogen-bond acceptors (Lipinski definition) is 3. The zero-order valence-corrected chi connectivity index (χ0v) is 18.6. The highest BCUT2D eigenvalue weighted by atomic mass is 19.1. The molecule has 6 nitrogen and oxygen atoms in total. The lowest BCUT2D eigenvalue weighted by molar-refractivity contribution is -0.134. The number of aromatic nitrogens is 2. The highest BCUT2D eigenvalue weighted by molar-refractivity contribution is 5.94. The molecule has 3 rings (SSSR count). The van der Waals surface area contributed by atoms with Crippen LogP contribution in [-0.2, 0) is 9.59 Å². The van der Waals surface area contributed by atoms with Gasteiger partial charge in [0, 0.05) is 24.6 Å². The number of amides is 2. The van der Waals surface area contributed by atoms with E-state index in [9.17, 15) is 14.0 Å². The number of anilines is 1. The zero-order valence-electron chi connectivity index (χ0n) is 18.6. The molecule has 0 aliphatic heterocycles. The number of halogens is 1. The molecule has 3 aromatic rings. The zero-order chi connectivity index (χ0) is 22.9. The Morgan fingerprint density at radius 2 is 1.75 bits per heavy atom. The van der Waals surface area contributed by atoms with Gasteiger partial charge in [-0.1, -0.05) is 50.6 Å². The van der Waals surface area contributed by atoms with Crippen LogP contribution in [0.3, 0.4) is 0 Å². The average molecular weight is 437 g/mol. The van der Waals surface area contributed by atoms with E-state index in [2.05, 4.69) is 10.4 Å². The first-order valence-electron chi connectivity index (χ1n) is 11.0. The summed E-state index contributed by atoms with van der Waals surface area (Å²) < 4.78 is 15.0. The molecule has 0 aliphatic rings. The third-order valence-electron chi connectivity index (χ3n) is 5.04. The number of rotatable bonds is 10. The summed E-state index contributed by atoms with van der Waals surface area (Å²) in [5.41, 5.74) is 2.19. The minimum atomic E-state index is -0.351. The Kier molecular flexibility index (Phi) is 8.14. The number of hydrogen-bond donors (Lipinski definition) is 1. The molecule has 1 aromatic heterocycles. The van der Waals surface area contributed by atoms with E-state index < -0.39 is 0 Å². The highest BCUT2D eigenvalue weighted by Crippen LogP contribution is 2.25. The fraction of sp³-hybridized carbons (Fsp3) is 0.320. The monoisotopic (exact) mass is 436 g/mol. The van der Waals surface area contributed by atoms with Crippen molar-refractivity contribution in [2.75, 3.05) is 18.4 Å². The van der Waals surface area contributed by atoms with E-state index in [1.165, 1.54) is 12.1 Å². The fourth-order valence-corrected chi connectivity index (χ4v) is 3.40. The van der Waals surface area contributed by atoms with Gasteiger partial charge < -0.3 is 10.2 Å². The van der Waals surface area contributed by atoms with E-state index >= 15 is 0 Å². The van der Waals surface area contributed by atoms with Crippen molar-refractivity contribution in [3.8, 4) is 16.9 Å². The second-order valence-electron chi connectivity index (χ2n) is 7.64. The first-order valence-corrected chi connectivity index (χ1v) is 11.0. The molecule has 1 N–H and O–H groups in total. The molecule has 0 aliphatic carbocycles. The van der Waals surface area contributed by atoms with Gasteiger partial charge in [0.25, 0.3) is 0 Å². The Morgan fingerprint density at radius 1 is 1.03 bits per heavy atom. The third-order valence-corrected chi connectivity index (χ3v) is 5.04. The maximum atomic E-state index is 13.4. The van der Waals surface area contributed by atoms with Crippen molar-refractivity contribution in [2.24, 2.45) is 0 Å². The lowest BCUT2D eigenvalue weighted by Gasteiger charge is -2.21. The van der Waals surface area contributed by atoms with E-state index in [4.69, 9.17) is 0 Å². The van der Waals surface area contributed by atoms with Crippen LogP contribution in [0.15, 0.2) is 60.7 Å². The van der Waals surface area contributed by atoms with Crippen molar-refractivity contribution in [3.63, 3.8) is 0 Å². The molecule has 168 valence electrons. The van der Waals surface area contributed by atoms with Crippen LogP contribution in [0.4, 0.5) is 10.2 Å². The van der Waals surface area contributed by atoms with Crippen LogP contribution in [0.25, 0.3) is 16.9 Å². The molecule has 0 radical (unpaired) electrons. The summed E-state index contributed by atoms with van der Waals surface area (Å²) in [7, 11) is 0. The minimum Gasteiger partial charge on any atom is -0.333 e. The van der Waals surface area contributed by atoms with Gasteiger partial charge in [0.15, 0.2) is 0 Å². The normalized spacial score (nSPS) is 10.7. The second kappa shape index (κ2) is 11.2. The smallest absolute Gasteiger partial charge is 0.245 e. The van der Waals surface area contributed by atoms with Crippen LogP contribution in [0.5, 0.6) is 0 Å². The van der Waals surface area contributed by atoms with Crippen molar-refractivity contribution in [2.45, 2.75) is 39.5 Å². The molecule has 0 saturated heterocycles. The Balaban J connectivity index is 1.85. The predicted octanol–water partition coefficient (Wildman–Crippen LogP) is 5.05. The van der Waals surface area contributed by atoms with Gasteiger partial charge >= 0.3 is 0 Å². The maximum Gasteiger partial charge on any atom is 0.245 e. The van der Waals surface area contributed by atoms with E-state index in [-0.39, 0.29) is 24.2 Å². The summed E-state index contributed by atoms with van der Waals surface area (Å²) in [4.78, 5) is 26.9. The SMILES string of the molecule is CCCCC(=O)N(CCC)CC(=O)Nc1cc(-c2ccccc2)nn1-c1ccc(F)cc1. The summed E-state index contributed by atoms with van der Waals surface area (Å²) >= 11 is 0. The molecule has 0 unspecified atom stereocenters. The van der Waals surface area contributed by atoms with Gasteiger partial charge in [-0.05, 0) is 37.1 Å². The molecule has 2 amide bonds. The molecule has 32 heavy (non-hydrogen) atoms. The van der Waals surface area contributed by atoms with Crippen molar-refractivity contribution in [1.29, 1.82) is 0 Å². The molecule has 2 aromatic carbocycles. The first kappa shape index (κ1) is 23.2. The average Bonchev–Trinajstić information content (AvgIpc) is 3.21. The lowest BCUT2D eigenvalue weighted by Crippen LogP contribution is -2.38. The van der Waals surface area contributed by atoms with Gasteiger partial charge in [-0.15, -0.1) is 0 Å². The highest BCUT2D eigenvalue weighted by Gasteiger charge is 2.19. The summed E-state index contributed by atoms with van der Waals surface area (Å²) in [6, 6.07) is 17.3. The predicted molar refractivity (Wildman–Crippen MR) is 124 cm³/mol. The third kappa shape index (κ3) is 6.03. The summed E-state index contributed by atoms with van der Waals surface area (Å²) in [5.74, 6) is -0.208. The molecule has 0 spiro atoms. The quantitative estimate of drug-likeness (QED) is 0.484. The van der Waals surface area contributed by atoms with Crippen molar-refractivity contribution >= 4 is 17.6 Å². The van der Waals surface area contributed by atoms with E-state index in [0.717, 1.165) is 24.8 Å². The van der Waals surface area contributed by atoms with Gasteiger partial charge in [-0.2, -0.15) is 5.10 Å². The van der Waals surface area contributed by atoms with Crippen LogP contribution in [0.1, 0.15) is 39.5 Å². The molecule has 0 atom stereocenters. The molecule has 0 bridgehead atoms. The molecular formula is C25H29FN4O2. The molecule has 7 heteroatoms. The van der Waals surface area contributed by atoms with Crippen molar-refractivity contribution < 1.29 is 14.0 Å². The lowest BCUT2D eigenvalue weighted by atomic mass is 10.1. The van der Waals surface area contributed by atoms with E-state index in [0.29, 0.717) is 30.2 Å². The summed E-state index contributed by atoms with van der Waals surface area (Å²) in [6.07, 6.45) is 2.95. The van der Waals surface area contributed by atoms with Crippen LogP contribution in [-0.4, -0.2) is 39.6 Å². The number of carbonyl (C=O) groups is 2. The fourth-order valence-electron chi connectivity index (χ4n) is 3.40. The van der Waals surface area contributed by atoms with Crippen LogP contribution in [0.2, 0.25) is 0 Å². The number of benzene rings is 2. The second-order valence-corrected chi connectivity index (χ2v) is 7.64. The Morgan fingerprint density at radius 3 is 2.41 bits per heavy atom. The molecule has 0 fully saturated rings. The largest absolute Gasteiger partial charge is 0.333 e. The van der Waals surface area contributed by atoms with Crippen LogP contribution >= 0.6 is 0 Å². The van der Waals surface area contributed by atoms with Crippen LogP contribution < -0.4 is 5.32 Å². The van der Waals surface area contributed by atoms with Crippen LogP contribution in [0, 0.1) is 5.82 Å². The van der Waals surface area contributed by atoms with Crippen molar-refractivity contribution in [3.05, 3.63) is 66.5 Å². The Hall–Kier alpha value is -3.48. The number of nitrogens with one attached hydrogen (secondary N) is 1. The van der Waals surface area contributed by atoms with Gasteiger partial charge in [0.2, 0.25) is 11.8 Å². The Labute approximate surface area is 188 Å². The molecule has 0 saturated carbocycles. The maximum absolute atomic E-state index is 13.4. The number of nitrogens with zero attached hydrogens (tertiary/aromatic N) is 3.